The highest BCUT2D eigenvalue weighted by Gasteiger charge is 2.12. The molecule has 0 aliphatic heterocycles. The van der Waals surface area contributed by atoms with E-state index in [0.717, 1.165) is 6.07 Å². The molecule has 1 aromatic rings. The Kier molecular flexibility index (Phi) is 3.27. The largest absolute Gasteiger partial charge is 0.477 e. The summed E-state index contributed by atoms with van der Waals surface area (Å²) in [5.41, 5.74) is -0.191. The predicted molar refractivity (Wildman–Crippen MR) is 51.8 cm³/mol. The van der Waals surface area contributed by atoms with E-state index in [1.807, 2.05) is 4.72 Å². The number of aromatic nitrogens is 2. The summed E-state index contributed by atoms with van der Waals surface area (Å²) < 4.78 is 26.5. The molecule has 0 amide bonds. The molecule has 15 heavy (non-hydrogen) atoms. The number of hydrogen-bond acceptors (Lipinski definition) is 4. The number of carboxylic acids is 1. The average Bonchev–Trinajstić information content (AvgIpc) is 2.51. The van der Waals surface area contributed by atoms with Crippen LogP contribution < -0.4 is 9.44 Å². The Morgan fingerprint density at radius 3 is 2.80 bits per heavy atom. The first-order chi connectivity index (χ1) is 6.94. The van der Waals surface area contributed by atoms with Gasteiger partial charge in [0.1, 0.15) is 5.69 Å². The number of aromatic amines is 1. The highest BCUT2D eigenvalue weighted by molar-refractivity contribution is 7.90. The van der Waals surface area contributed by atoms with E-state index >= 15 is 0 Å². The van der Waals surface area contributed by atoms with Gasteiger partial charge in [0.05, 0.1) is 0 Å². The van der Waals surface area contributed by atoms with Crippen molar-refractivity contribution in [1.29, 1.82) is 0 Å². The van der Waals surface area contributed by atoms with Gasteiger partial charge in [-0.3, -0.25) is 9.82 Å². The number of carbonyl (C=O) groups is 1. The number of hydrogen-bond donors (Lipinski definition) is 4. The minimum Gasteiger partial charge on any atom is -0.477 e. The van der Waals surface area contributed by atoms with Crippen molar-refractivity contribution in [2.75, 3.05) is 11.3 Å². The summed E-state index contributed by atoms with van der Waals surface area (Å²) in [4.78, 5) is 10.4. The van der Waals surface area contributed by atoms with Crippen molar-refractivity contribution in [3.8, 4) is 0 Å². The Hall–Kier alpha value is -1.61. The average molecular weight is 234 g/mol. The van der Waals surface area contributed by atoms with E-state index in [9.17, 15) is 13.2 Å². The predicted octanol–water partition coefficient (Wildman–Crippen LogP) is -0.626. The quantitative estimate of drug-likeness (QED) is 0.540. The molecule has 1 heterocycles. The molecule has 84 valence electrons. The van der Waals surface area contributed by atoms with Gasteiger partial charge in [-0.1, -0.05) is 6.92 Å². The molecule has 0 saturated carbocycles. The Morgan fingerprint density at radius 2 is 2.33 bits per heavy atom. The summed E-state index contributed by atoms with van der Waals surface area (Å²) in [6.07, 6.45) is 0. The second-order valence-electron chi connectivity index (χ2n) is 2.58. The van der Waals surface area contributed by atoms with Crippen molar-refractivity contribution < 1.29 is 18.3 Å². The molecule has 0 aromatic carbocycles. The molecule has 0 unspecified atom stereocenters. The van der Waals surface area contributed by atoms with Crippen LogP contribution >= 0.6 is 0 Å². The lowest BCUT2D eigenvalue weighted by Gasteiger charge is -2.03. The van der Waals surface area contributed by atoms with Gasteiger partial charge in [-0.15, -0.1) is 0 Å². The topological polar surface area (TPSA) is 124 Å². The van der Waals surface area contributed by atoms with Crippen LogP contribution in [0.4, 0.5) is 5.82 Å². The molecule has 9 heteroatoms. The molecule has 8 nitrogen and oxygen atoms in total. The highest BCUT2D eigenvalue weighted by atomic mass is 32.2. The molecule has 0 aliphatic rings. The molecule has 0 bridgehead atoms. The van der Waals surface area contributed by atoms with Crippen LogP contribution in [0.5, 0.6) is 0 Å². The van der Waals surface area contributed by atoms with Gasteiger partial charge in [0.15, 0.2) is 5.82 Å². The molecule has 0 spiro atoms. The summed E-state index contributed by atoms with van der Waals surface area (Å²) in [6.45, 7) is 1.85. The van der Waals surface area contributed by atoms with Crippen molar-refractivity contribution in [2.24, 2.45) is 0 Å². The molecular weight excluding hydrogens is 224 g/mol. The van der Waals surface area contributed by atoms with Gasteiger partial charge in [0, 0.05) is 12.6 Å². The van der Waals surface area contributed by atoms with Crippen LogP contribution in [0.2, 0.25) is 0 Å². The fraction of sp³-hybridized carbons (Fsp3) is 0.333. The van der Waals surface area contributed by atoms with Gasteiger partial charge >= 0.3 is 5.97 Å². The zero-order valence-corrected chi connectivity index (χ0v) is 8.63. The number of aromatic carboxylic acids is 1. The van der Waals surface area contributed by atoms with Crippen LogP contribution in [0, 0.1) is 0 Å². The van der Waals surface area contributed by atoms with Crippen LogP contribution in [0.3, 0.4) is 0 Å². The van der Waals surface area contributed by atoms with Crippen LogP contribution in [0.25, 0.3) is 0 Å². The molecule has 1 aromatic heterocycles. The van der Waals surface area contributed by atoms with Gasteiger partial charge in [-0.25, -0.2) is 4.79 Å². The summed E-state index contributed by atoms with van der Waals surface area (Å²) >= 11 is 0. The van der Waals surface area contributed by atoms with E-state index in [0.29, 0.717) is 0 Å². The third kappa shape index (κ3) is 3.22. The second kappa shape index (κ2) is 4.28. The van der Waals surface area contributed by atoms with Crippen LogP contribution in [0.15, 0.2) is 6.07 Å². The molecule has 0 radical (unpaired) electrons. The lowest BCUT2D eigenvalue weighted by molar-refractivity contribution is 0.0690. The normalized spacial score (nSPS) is 11.3. The summed E-state index contributed by atoms with van der Waals surface area (Å²) in [7, 11) is -3.67. The van der Waals surface area contributed by atoms with E-state index in [1.165, 1.54) is 0 Å². The highest BCUT2D eigenvalue weighted by Crippen LogP contribution is 2.06. The van der Waals surface area contributed by atoms with Crippen LogP contribution in [0.1, 0.15) is 17.4 Å². The van der Waals surface area contributed by atoms with Gasteiger partial charge in [-0.2, -0.15) is 18.2 Å². The molecular formula is C6H10N4O4S. The maximum absolute atomic E-state index is 11.2. The summed E-state index contributed by atoms with van der Waals surface area (Å²) in [6, 6.07) is 1.08. The third-order valence-corrected chi connectivity index (χ3v) is 2.53. The van der Waals surface area contributed by atoms with Gasteiger partial charge in [-0.05, 0) is 0 Å². The molecule has 0 atom stereocenters. The van der Waals surface area contributed by atoms with Crippen molar-refractivity contribution in [3.05, 3.63) is 11.8 Å². The Balaban J connectivity index is 2.77. The Labute approximate surface area is 85.9 Å². The second-order valence-corrected chi connectivity index (χ2v) is 4.08. The molecule has 0 fully saturated rings. The lowest BCUT2D eigenvalue weighted by Crippen LogP contribution is -2.29. The van der Waals surface area contributed by atoms with E-state index < -0.39 is 16.2 Å². The fourth-order valence-electron chi connectivity index (χ4n) is 0.847. The summed E-state index contributed by atoms with van der Waals surface area (Å²) in [5.74, 6) is -1.29. The number of nitrogens with zero attached hydrogens (tertiary/aromatic N) is 1. The van der Waals surface area contributed by atoms with Crippen molar-refractivity contribution in [3.63, 3.8) is 0 Å². The van der Waals surface area contributed by atoms with Gasteiger partial charge < -0.3 is 5.11 Å². The maximum Gasteiger partial charge on any atom is 0.353 e. The lowest BCUT2D eigenvalue weighted by atomic mass is 10.4. The standard InChI is InChI=1S/C6H10N4O4S/c1-2-7-15(13,14)10-5-3-4(6(11)12)8-9-5/h3,7H,2H2,1H3,(H,11,12)(H2,8,9,10). The van der Waals surface area contributed by atoms with Crippen LogP contribution in [-0.2, 0) is 10.2 Å². The van der Waals surface area contributed by atoms with E-state index in [1.54, 1.807) is 6.92 Å². The minimum absolute atomic E-state index is 0.0756. The first-order valence-corrected chi connectivity index (χ1v) is 5.49. The maximum atomic E-state index is 11.2. The van der Waals surface area contributed by atoms with E-state index in [4.69, 9.17) is 5.11 Å². The smallest absolute Gasteiger partial charge is 0.353 e. The molecule has 4 N–H and O–H groups in total. The monoisotopic (exact) mass is 234 g/mol. The van der Waals surface area contributed by atoms with Gasteiger partial charge in [0.2, 0.25) is 0 Å². The zero-order valence-electron chi connectivity index (χ0n) is 7.81. The number of anilines is 1. The number of nitrogens with one attached hydrogen (secondary N) is 3. The van der Waals surface area contributed by atoms with E-state index in [2.05, 4.69) is 14.9 Å². The SMILES string of the molecule is CCNS(=O)(=O)Nc1cc(C(=O)O)[nH]n1. The number of rotatable bonds is 5. The van der Waals surface area contributed by atoms with Crippen molar-refractivity contribution in [2.45, 2.75) is 6.92 Å². The van der Waals surface area contributed by atoms with Crippen LogP contribution in [-0.4, -0.2) is 36.2 Å². The van der Waals surface area contributed by atoms with Crippen molar-refractivity contribution >= 4 is 22.0 Å². The Bertz CT molecular complexity index is 451. The number of carboxylic acid groups (broad SMARTS) is 1. The van der Waals surface area contributed by atoms with Crippen molar-refractivity contribution in [1.82, 2.24) is 14.9 Å². The minimum atomic E-state index is -3.67. The Morgan fingerprint density at radius 1 is 1.67 bits per heavy atom. The molecule has 0 aliphatic carbocycles. The zero-order chi connectivity index (χ0) is 11.5. The van der Waals surface area contributed by atoms with Gasteiger partial charge in [0.25, 0.3) is 10.2 Å². The fourth-order valence-corrected chi connectivity index (χ4v) is 1.68. The first-order valence-electron chi connectivity index (χ1n) is 4.00. The summed E-state index contributed by atoms with van der Waals surface area (Å²) in [5, 5.41) is 14.2. The molecule has 0 saturated heterocycles. The third-order valence-electron chi connectivity index (χ3n) is 1.38. The number of H-pyrrole nitrogens is 1. The first kappa shape index (κ1) is 11.5. The molecule has 1 rings (SSSR count). The van der Waals surface area contributed by atoms with E-state index in [-0.39, 0.29) is 18.1 Å².